The van der Waals surface area contributed by atoms with E-state index >= 15 is 4.39 Å². The number of ketones is 1. The summed E-state index contributed by atoms with van der Waals surface area (Å²) < 4.78 is 49.8. The Morgan fingerprint density at radius 2 is 1.81 bits per heavy atom. The topological polar surface area (TPSA) is 88.2 Å². The third-order valence-corrected chi connectivity index (χ3v) is 6.45. The van der Waals surface area contributed by atoms with Crippen molar-refractivity contribution in [2.24, 2.45) is 0 Å². The molecule has 0 fully saturated rings. The van der Waals surface area contributed by atoms with Crippen molar-refractivity contribution >= 4 is 30.9 Å². The standard InChI is InChI=1S/C22H28F3N3O2Si/c1-5-17(29)21(27)14-7-6-13(18-15(23)8-9-16(26)20(18)25)19(24)22(14)28-12-30-10-11-31(2,3)4/h6-9,27-28H,5,10-12,26H2,1-4H3. The highest BCUT2D eigenvalue weighted by atomic mass is 28.3. The number of anilines is 2. The van der Waals surface area contributed by atoms with Crippen molar-refractivity contribution in [1.29, 1.82) is 5.41 Å². The second-order valence-corrected chi connectivity index (χ2v) is 14.0. The second-order valence-electron chi connectivity index (χ2n) is 8.37. The van der Waals surface area contributed by atoms with Crippen LogP contribution < -0.4 is 11.1 Å². The molecule has 0 unspecified atom stereocenters. The molecule has 0 amide bonds. The Hall–Kier alpha value is -2.65. The molecule has 0 spiro atoms. The Balaban J connectivity index is 2.46. The van der Waals surface area contributed by atoms with Gasteiger partial charge in [-0.1, -0.05) is 32.6 Å². The van der Waals surface area contributed by atoms with Gasteiger partial charge in [0.05, 0.1) is 16.9 Å². The fourth-order valence-electron chi connectivity index (χ4n) is 2.87. The maximum Gasteiger partial charge on any atom is 0.180 e. The van der Waals surface area contributed by atoms with Crippen LogP contribution in [-0.4, -0.2) is 32.9 Å². The molecule has 2 rings (SSSR count). The molecule has 168 valence electrons. The summed E-state index contributed by atoms with van der Waals surface area (Å²) in [4.78, 5) is 12.0. The van der Waals surface area contributed by atoms with E-state index in [1.54, 1.807) is 6.92 Å². The zero-order valence-corrected chi connectivity index (χ0v) is 19.2. The minimum atomic E-state index is -1.32. The van der Waals surface area contributed by atoms with E-state index in [-0.39, 0.29) is 35.7 Å². The van der Waals surface area contributed by atoms with Crippen molar-refractivity contribution in [2.45, 2.75) is 39.0 Å². The number of rotatable bonds is 10. The van der Waals surface area contributed by atoms with E-state index in [1.165, 1.54) is 6.07 Å². The number of nitrogens with one attached hydrogen (secondary N) is 2. The molecule has 31 heavy (non-hydrogen) atoms. The molecule has 0 aliphatic rings. The lowest BCUT2D eigenvalue weighted by Crippen LogP contribution is -2.23. The average Bonchev–Trinajstić information content (AvgIpc) is 2.70. The summed E-state index contributed by atoms with van der Waals surface area (Å²) >= 11 is 0. The van der Waals surface area contributed by atoms with Crippen molar-refractivity contribution in [3.05, 3.63) is 47.3 Å². The van der Waals surface area contributed by atoms with Gasteiger partial charge in [-0.3, -0.25) is 10.2 Å². The van der Waals surface area contributed by atoms with Crippen LogP contribution >= 0.6 is 0 Å². The van der Waals surface area contributed by atoms with E-state index in [0.29, 0.717) is 6.61 Å². The summed E-state index contributed by atoms with van der Waals surface area (Å²) in [6, 6.07) is 5.34. The SMILES string of the molecule is CCC(=O)C(=N)c1ccc(-c2c(F)ccc(N)c2F)c(F)c1NCOCC[Si](C)(C)C. The Kier molecular flexibility index (Phi) is 8.02. The second kappa shape index (κ2) is 10.1. The van der Waals surface area contributed by atoms with Crippen LogP contribution in [0.2, 0.25) is 25.7 Å². The third-order valence-electron chi connectivity index (χ3n) is 4.75. The summed E-state index contributed by atoms with van der Waals surface area (Å²) in [5.74, 6) is -3.54. The first-order chi connectivity index (χ1) is 14.5. The predicted molar refractivity (Wildman–Crippen MR) is 121 cm³/mol. The van der Waals surface area contributed by atoms with E-state index in [9.17, 15) is 13.6 Å². The molecule has 0 radical (unpaired) electrons. The minimum absolute atomic E-state index is 0.00776. The van der Waals surface area contributed by atoms with Crippen LogP contribution in [0.1, 0.15) is 18.9 Å². The molecule has 0 saturated heterocycles. The number of hydrogen-bond acceptors (Lipinski definition) is 5. The van der Waals surface area contributed by atoms with Gasteiger partial charge in [0.1, 0.15) is 18.3 Å². The van der Waals surface area contributed by atoms with Crippen molar-refractivity contribution < 1.29 is 22.7 Å². The number of carbonyl (C=O) groups excluding carboxylic acids is 1. The monoisotopic (exact) mass is 451 g/mol. The largest absolute Gasteiger partial charge is 0.396 e. The van der Waals surface area contributed by atoms with Gasteiger partial charge in [-0.05, 0) is 24.2 Å². The first-order valence-electron chi connectivity index (χ1n) is 9.98. The van der Waals surface area contributed by atoms with Crippen molar-refractivity contribution in [2.75, 3.05) is 24.4 Å². The summed E-state index contributed by atoms with van der Waals surface area (Å²) in [5.41, 5.74) is 3.60. The number of nitrogens with two attached hydrogens (primary N) is 1. The van der Waals surface area contributed by atoms with Crippen LogP contribution in [0.4, 0.5) is 24.5 Å². The summed E-state index contributed by atoms with van der Waals surface area (Å²) in [7, 11) is -1.32. The minimum Gasteiger partial charge on any atom is -0.396 e. The molecule has 0 aliphatic carbocycles. The lowest BCUT2D eigenvalue weighted by atomic mass is 9.96. The van der Waals surface area contributed by atoms with Crippen LogP contribution in [0.25, 0.3) is 11.1 Å². The molecule has 2 aromatic carbocycles. The van der Waals surface area contributed by atoms with Gasteiger partial charge in [0.15, 0.2) is 17.4 Å². The van der Waals surface area contributed by atoms with E-state index in [4.69, 9.17) is 15.9 Å². The summed E-state index contributed by atoms with van der Waals surface area (Å²) in [6.07, 6.45) is 0.0623. The Morgan fingerprint density at radius 3 is 2.42 bits per heavy atom. The summed E-state index contributed by atoms with van der Waals surface area (Å²) in [6.45, 7) is 8.54. The van der Waals surface area contributed by atoms with Gasteiger partial charge in [0.2, 0.25) is 0 Å². The highest BCUT2D eigenvalue weighted by Gasteiger charge is 2.24. The normalized spacial score (nSPS) is 11.5. The average molecular weight is 452 g/mol. The van der Waals surface area contributed by atoms with E-state index in [1.807, 2.05) is 0 Å². The molecule has 0 saturated carbocycles. The van der Waals surface area contributed by atoms with Gasteiger partial charge >= 0.3 is 0 Å². The van der Waals surface area contributed by atoms with Crippen LogP contribution in [0.5, 0.6) is 0 Å². The van der Waals surface area contributed by atoms with Gasteiger partial charge in [0, 0.05) is 32.2 Å². The molecular formula is C22H28F3N3O2Si. The molecule has 5 nitrogen and oxygen atoms in total. The van der Waals surface area contributed by atoms with E-state index in [0.717, 1.165) is 24.2 Å². The van der Waals surface area contributed by atoms with E-state index in [2.05, 4.69) is 25.0 Å². The number of nitrogen functional groups attached to an aromatic ring is 1. The quantitative estimate of drug-likeness (QED) is 0.148. The van der Waals surface area contributed by atoms with Gasteiger partial charge in [-0.2, -0.15) is 0 Å². The van der Waals surface area contributed by atoms with Crippen molar-refractivity contribution in [3.63, 3.8) is 0 Å². The number of benzene rings is 2. The molecule has 0 aliphatic heterocycles. The smallest absolute Gasteiger partial charge is 0.180 e. The van der Waals surface area contributed by atoms with Crippen LogP contribution in [0.15, 0.2) is 24.3 Å². The van der Waals surface area contributed by atoms with Gasteiger partial charge < -0.3 is 15.8 Å². The molecule has 9 heteroatoms. The van der Waals surface area contributed by atoms with E-state index < -0.39 is 42.6 Å². The maximum absolute atomic E-state index is 15.4. The molecule has 0 bridgehead atoms. The van der Waals surface area contributed by atoms with Gasteiger partial charge in [0.25, 0.3) is 0 Å². The molecule has 2 aromatic rings. The third kappa shape index (κ3) is 5.95. The Morgan fingerprint density at radius 1 is 1.13 bits per heavy atom. The Bertz CT molecular complexity index is 991. The number of hydrogen-bond donors (Lipinski definition) is 3. The van der Waals surface area contributed by atoms with Crippen molar-refractivity contribution in [3.8, 4) is 11.1 Å². The predicted octanol–water partition coefficient (Wildman–Crippen LogP) is 5.42. The van der Waals surface area contributed by atoms with Crippen LogP contribution in [-0.2, 0) is 9.53 Å². The fraction of sp³-hybridized carbons (Fsp3) is 0.364. The summed E-state index contributed by atoms with van der Waals surface area (Å²) in [5, 5.41) is 10.8. The first-order valence-corrected chi connectivity index (χ1v) is 13.7. The maximum atomic E-state index is 15.4. The fourth-order valence-corrected chi connectivity index (χ4v) is 3.62. The molecule has 4 N–H and O–H groups in total. The zero-order valence-electron chi connectivity index (χ0n) is 18.2. The number of carbonyl (C=O) groups is 1. The highest BCUT2D eigenvalue weighted by Crippen LogP contribution is 2.35. The van der Waals surface area contributed by atoms with Crippen molar-refractivity contribution in [1.82, 2.24) is 0 Å². The lowest BCUT2D eigenvalue weighted by molar-refractivity contribution is -0.112. The lowest BCUT2D eigenvalue weighted by Gasteiger charge is -2.18. The Labute approximate surface area is 181 Å². The zero-order chi connectivity index (χ0) is 23.3. The number of ether oxygens (including phenoxy) is 1. The number of Topliss-reactive ketones (excluding diaryl/α,β-unsaturated/α-hetero) is 1. The first kappa shape index (κ1) is 24.6. The molecular weight excluding hydrogens is 423 g/mol. The molecule has 0 atom stereocenters. The van der Waals surface area contributed by atoms with Crippen LogP contribution in [0, 0.1) is 22.9 Å². The molecule has 0 aromatic heterocycles. The van der Waals surface area contributed by atoms with Gasteiger partial charge in [-0.25, -0.2) is 13.2 Å². The van der Waals surface area contributed by atoms with Gasteiger partial charge in [-0.15, -0.1) is 0 Å². The molecule has 0 heterocycles. The number of halogens is 3. The highest BCUT2D eigenvalue weighted by molar-refractivity contribution is 6.76. The van der Waals surface area contributed by atoms with Crippen LogP contribution in [0.3, 0.4) is 0 Å².